The van der Waals surface area contributed by atoms with Gasteiger partial charge in [-0.2, -0.15) is 0 Å². The lowest BCUT2D eigenvalue weighted by atomic mass is 9.99. The molecule has 0 aromatic heterocycles. The molecule has 2 N–H and O–H groups in total. The van der Waals surface area contributed by atoms with Gasteiger partial charge in [-0.1, -0.05) is 103 Å². The second kappa shape index (κ2) is 17.6. The summed E-state index contributed by atoms with van der Waals surface area (Å²) in [6, 6.07) is 0. The van der Waals surface area contributed by atoms with Crippen molar-refractivity contribution in [3.63, 3.8) is 0 Å². The van der Waals surface area contributed by atoms with Gasteiger partial charge in [0.25, 0.3) is 0 Å². The number of rotatable bonds is 20. The molecule has 0 aliphatic carbocycles. The van der Waals surface area contributed by atoms with Gasteiger partial charge in [0, 0.05) is 6.54 Å². The highest BCUT2D eigenvalue weighted by Crippen LogP contribution is 2.37. The van der Waals surface area contributed by atoms with E-state index in [9.17, 15) is 9.90 Å². The standard InChI is InChI=1S/C27H53NO4/c1-4-5-6-7-8-9-10-11-12-13-14-15-16-17-18-19-22-28-25(30)31-24-27(3)21-20-26(2,23-29)32-27/h29H,4-24H2,1-3H3,(H,28,30)/t26-,27+/m1/s1. The summed E-state index contributed by atoms with van der Waals surface area (Å²) >= 11 is 0. The molecule has 0 aromatic carbocycles. The highest BCUT2D eigenvalue weighted by Gasteiger charge is 2.44. The van der Waals surface area contributed by atoms with Crippen LogP contribution in [0.4, 0.5) is 4.79 Å². The Kier molecular flexibility index (Phi) is 16.1. The molecule has 32 heavy (non-hydrogen) atoms. The number of hydrogen-bond acceptors (Lipinski definition) is 4. The van der Waals surface area contributed by atoms with Gasteiger partial charge in [0.2, 0.25) is 0 Å². The number of aliphatic hydroxyl groups is 1. The molecule has 1 rings (SSSR count). The number of carbonyl (C=O) groups excluding carboxylic acids is 1. The van der Waals surface area contributed by atoms with Crippen LogP contribution in [0, 0.1) is 0 Å². The van der Waals surface area contributed by atoms with Crippen molar-refractivity contribution in [1.82, 2.24) is 5.32 Å². The summed E-state index contributed by atoms with van der Waals surface area (Å²) in [4.78, 5) is 11.9. The minimum Gasteiger partial charge on any atom is -0.447 e. The van der Waals surface area contributed by atoms with E-state index in [1.54, 1.807) is 0 Å². The number of aliphatic hydroxyl groups excluding tert-OH is 1. The summed E-state index contributed by atoms with van der Waals surface area (Å²) in [5.74, 6) is 0. The second-order valence-electron chi connectivity index (χ2n) is 10.5. The first-order valence-electron chi connectivity index (χ1n) is 13.6. The predicted octanol–water partition coefficient (Wildman–Crippen LogP) is 7.29. The SMILES string of the molecule is CCCCCCCCCCCCCCCCCCNC(=O)OC[C@]1(C)CC[C@](C)(CO)O1. The average Bonchev–Trinajstić information content (AvgIpc) is 3.10. The van der Waals surface area contributed by atoms with Crippen LogP contribution in [0.2, 0.25) is 0 Å². The lowest BCUT2D eigenvalue weighted by molar-refractivity contribution is -0.125. The first-order valence-corrected chi connectivity index (χ1v) is 13.6. The monoisotopic (exact) mass is 455 g/mol. The van der Waals surface area contributed by atoms with Gasteiger partial charge in [-0.25, -0.2) is 4.79 Å². The quantitative estimate of drug-likeness (QED) is 0.189. The van der Waals surface area contributed by atoms with E-state index in [2.05, 4.69) is 12.2 Å². The minimum atomic E-state index is -0.512. The van der Waals surface area contributed by atoms with Gasteiger partial charge < -0.3 is 19.9 Å². The maximum atomic E-state index is 11.9. The molecule has 1 saturated heterocycles. The van der Waals surface area contributed by atoms with Gasteiger partial charge >= 0.3 is 6.09 Å². The third-order valence-corrected chi connectivity index (χ3v) is 6.82. The van der Waals surface area contributed by atoms with Gasteiger partial charge in [-0.15, -0.1) is 0 Å². The van der Waals surface area contributed by atoms with Crippen molar-refractivity contribution in [1.29, 1.82) is 0 Å². The summed E-state index contributed by atoms with van der Waals surface area (Å²) in [6.07, 6.45) is 22.8. The fraction of sp³-hybridized carbons (Fsp3) is 0.963. The highest BCUT2D eigenvalue weighted by molar-refractivity contribution is 5.67. The molecule has 190 valence electrons. The van der Waals surface area contributed by atoms with Crippen molar-refractivity contribution < 1.29 is 19.4 Å². The topological polar surface area (TPSA) is 67.8 Å². The second-order valence-corrected chi connectivity index (χ2v) is 10.5. The Labute approximate surface area is 198 Å². The van der Waals surface area contributed by atoms with Crippen LogP contribution >= 0.6 is 0 Å². The van der Waals surface area contributed by atoms with Crippen LogP contribution in [-0.2, 0) is 9.47 Å². The third kappa shape index (κ3) is 14.4. The Morgan fingerprint density at radius 3 is 1.66 bits per heavy atom. The van der Waals surface area contributed by atoms with Crippen molar-refractivity contribution in [2.24, 2.45) is 0 Å². The van der Waals surface area contributed by atoms with E-state index in [-0.39, 0.29) is 19.3 Å². The molecule has 0 spiro atoms. The number of nitrogens with one attached hydrogen (secondary N) is 1. The van der Waals surface area contributed by atoms with Crippen molar-refractivity contribution in [2.75, 3.05) is 19.8 Å². The Bertz CT molecular complexity index is 473. The van der Waals surface area contributed by atoms with Crippen LogP contribution in [0.25, 0.3) is 0 Å². The van der Waals surface area contributed by atoms with Crippen LogP contribution in [0.3, 0.4) is 0 Å². The molecule has 2 atom stereocenters. The number of alkyl carbamates (subject to hydrolysis) is 1. The van der Waals surface area contributed by atoms with Gasteiger partial charge in [0.1, 0.15) is 12.2 Å². The van der Waals surface area contributed by atoms with E-state index in [1.165, 1.54) is 89.9 Å². The lowest BCUT2D eigenvalue weighted by Crippen LogP contribution is -2.39. The van der Waals surface area contributed by atoms with Crippen molar-refractivity contribution in [3.8, 4) is 0 Å². The van der Waals surface area contributed by atoms with Gasteiger partial charge in [-0.05, 0) is 33.1 Å². The van der Waals surface area contributed by atoms with Crippen LogP contribution in [0.1, 0.15) is 136 Å². The van der Waals surface area contributed by atoms with Crippen LogP contribution in [-0.4, -0.2) is 42.2 Å². The lowest BCUT2D eigenvalue weighted by Gasteiger charge is -2.28. The summed E-state index contributed by atoms with van der Waals surface area (Å²) in [7, 11) is 0. The summed E-state index contributed by atoms with van der Waals surface area (Å²) in [6.45, 7) is 7.01. The molecule has 0 bridgehead atoms. The van der Waals surface area contributed by atoms with Crippen molar-refractivity contribution in [2.45, 2.75) is 148 Å². The Hall–Kier alpha value is -0.810. The highest BCUT2D eigenvalue weighted by atomic mass is 16.6. The third-order valence-electron chi connectivity index (χ3n) is 6.82. The van der Waals surface area contributed by atoms with Gasteiger partial charge in [0.05, 0.1) is 12.2 Å². The molecule has 0 saturated carbocycles. The molecule has 1 aliphatic heterocycles. The normalized spacial score (nSPS) is 22.9. The van der Waals surface area contributed by atoms with E-state index in [0.29, 0.717) is 6.54 Å². The van der Waals surface area contributed by atoms with Crippen molar-refractivity contribution >= 4 is 6.09 Å². The zero-order valence-corrected chi connectivity index (χ0v) is 21.5. The van der Waals surface area contributed by atoms with Gasteiger partial charge in [-0.3, -0.25) is 0 Å². The van der Waals surface area contributed by atoms with Crippen LogP contribution < -0.4 is 5.32 Å². The maximum absolute atomic E-state index is 11.9. The first-order chi connectivity index (χ1) is 15.4. The smallest absolute Gasteiger partial charge is 0.407 e. The number of amides is 1. The molecule has 1 amide bonds. The molecule has 1 fully saturated rings. The fourth-order valence-electron chi connectivity index (χ4n) is 4.57. The van der Waals surface area contributed by atoms with Crippen LogP contribution in [0.5, 0.6) is 0 Å². The first kappa shape index (κ1) is 29.2. The largest absolute Gasteiger partial charge is 0.447 e. The maximum Gasteiger partial charge on any atom is 0.407 e. The number of hydrogen-bond donors (Lipinski definition) is 2. The summed E-state index contributed by atoms with van der Waals surface area (Å²) < 4.78 is 11.3. The van der Waals surface area contributed by atoms with Crippen molar-refractivity contribution in [3.05, 3.63) is 0 Å². The number of ether oxygens (including phenoxy) is 2. The summed E-state index contributed by atoms with van der Waals surface area (Å²) in [5, 5.41) is 12.2. The zero-order chi connectivity index (χ0) is 23.5. The minimum absolute atomic E-state index is 0.00591. The summed E-state index contributed by atoms with van der Waals surface area (Å²) in [5.41, 5.74) is -1.01. The molecule has 0 radical (unpaired) electrons. The fourth-order valence-corrected chi connectivity index (χ4v) is 4.57. The molecule has 5 nitrogen and oxygen atoms in total. The van der Waals surface area contributed by atoms with E-state index < -0.39 is 11.2 Å². The number of unbranched alkanes of at least 4 members (excludes halogenated alkanes) is 15. The molecule has 5 heteroatoms. The van der Waals surface area contributed by atoms with E-state index in [1.807, 2.05) is 13.8 Å². The van der Waals surface area contributed by atoms with E-state index in [4.69, 9.17) is 9.47 Å². The zero-order valence-electron chi connectivity index (χ0n) is 21.5. The van der Waals surface area contributed by atoms with Crippen LogP contribution in [0.15, 0.2) is 0 Å². The molecule has 1 heterocycles. The molecular weight excluding hydrogens is 402 g/mol. The molecule has 0 unspecified atom stereocenters. The molecular formula is C27H53NO4. The predicted molar refractivity (Wildman–Crippen MR) is 133 cm³/mol. The molecule has 1 aliphatic rings. The Morgan fingerprint density at radius 2 is 1.22 bits per heavy atom. The van der Waals surface area contributed by atoms with E-state index >= 15 is 0 Å². The average molecular weight is 456 g/mol. The number of carbonyl (C=O) groups is 1. The Morgan fingerprint density at radius 1 is 0.781 bits per heavy atom. The molecule has 0 aromatic rings. The Balaban J connectivity index is 1.82. The van der Waals surface area contributed by atoms with Gasteiger partial charge in [0.15, 0.2) is 0 Å². The van der Waals surface area contributed by atoms with E-state index in [0.717, 1.165) is 25.7 Å².